The minimum atomic E-state index is -0.620. The SMILES string of the molecule is COC(=O)c1ccc(C(=O)OCC(=O)c2cc(C)n(C)c2C)cc1. The largest absolute Gasteiger partial charge is 0.465 e. The first-order chi connectivity index (χ1) is 11.3. The second-order valence-corrected chi connectivity index (χ2v) is 5.41. The van der Waals surface area contributed by atoms with Gasteiger partial charge in [-0.2, -0.15) is 0 Å². The van der Waals surface area contributed by atoms with Crippen LogP contribution >= 0.6 is 0 Å². The van der Waals surface area contributed by atoms with Crippen molar-refractivity contribution in [1.82, 2.24) is 4.57 Å². The van der Waals surface area contributed by atoms with Crippen LogP contribution in [0.3, 0.4) is 0 Å². The molecule has 0 saturated heterocycles. The number of methoxy groups -OCH3 is 1. The van der Waals surface area contributed by atoms with E-state index in [0.717, 1.165) is 11.4 Å². The number of carbonyl (C=O) groups is 3. The fourth-order valence-corrected chi connectivity index (χ4v) is 2.29. The maximum atomic E-state index is 12.2. The molecule has 0 N–H and O–H groups in total. The molecule has 2 aromatic rings. The molecule has 0 aliphatic carbocycles. The Bertz CT molecular complexity index is 786. The summed E-state index contributed by atoms with van der Waals surface area (Å²) in [6.45, 7) is 3.41. The van der Waals surface area contributed by atoms with Crippen LogP contribution in [0.25, 0.3) is 0 Å². The molecule has 1 aromatic heterocycles. The Kier molecular flexibility index (Phi) is 5.18. The summed E-state index contributed by atoms with van der Waals surface area (Å²) in [7, 11) is 3.15. The third-order valence-corrected chi connectivity index (χ3v) is 3.95. The normalized spacial score (nSPS) is 10.3. The predicted molar refractivity (Wildman–Crippen MR) is 87.3 cm³/mol. The van der Waals surface area contributed by atoms with Gasteiger partial charge in [0.25, 0.3) is 0 Å². The smallest absolute Gasteiger partial charge is 0.338 e. The zero-order chi connectivity index (χ0) is 17.9. The molecule has 0 spiro atoms. The van der Waals surface area contributed by atoms with E-state index >= 15 is 0 Å². The molecule has 0 amide bonds. The van der Waals surface area contributed by atoms with Crippen LogP contribution in [-0.4, -0.2) is 36.0 Å². The highest BCUT2D eigenvalue weighted by atomic mass is 16.5. The lowest BCUT2D eigenvalue weighted by atomic mass is 10.1. The summed E-state index contributed by atoms with van der Waals surface area (Å²) in [6.07, 6.45) is 0. The molecule has 0 atom stereocenters. The van der Waals surface area contributed by atoms with Gasteiger partial charge in [0.2, 0.25) is 5.78 Å². The molecule has 6 heteroatoms. The van der Waals surface area contributed by atoms with Crippen LogP contribution in [0, 0.1) is 13.8 Å². The first-order valence-corrected chi connectivity index (χ1v) is 7.36. The van der Waals surface area contributed by atoms with Crippen LogP contribution in [0.2, 0.25) is 0 Å². The molecule has 0 unspecified atom stereocenters. The second kappa shape index (κ2) is 7.12. The molecule has 0 radical (unpaired) electrons. The van der Waals surface area contributed by atoms with Gasteiger partial charge >= 0.3 is 11.9 Å². The lowest BCUT2D eigenvalue weighted by Gasteiger charge is -2.05. The zero-order valence-electron chi connectivity index (χ0n) is 14.1. The second-order valence-electron chi connectivity index (χ2n) is 5.41. The number of nitrogens with zero attached hydrogens (tertiary/aromatic N) is 1. The molecule has 0 saturated carbocycles. The minimum Gasteiger partial charge on any atom is -0.465 e. The molecule has 126 valence electrons. The summed E-state index contributed by atoms with van der Waals surface area (Å²) in [6, 6.07) is 7.62. The van der Waals surface area contributed by atoms with Crippen molar-refractivity contribution in [3.63, 3.8) is 0 Å². The van der Waals surface area contributed by atoms with E-state index < -0.39 is 11.9 Å². The molecule has 0 bridgehead atoms. The lowest BCUT2D eigenvalue weighted by Crippen LogP contribution is -2.15. The predicted octanol–water partition coefficient (Wildman–Crippen LogP) is 2.47. The summed E-state index contributed by atoms with van der Waals surface area (Å²) in [5.74, 6) is -1.36. The molecule has 6 nitrogen and oxygen atoms in total. The Morgan fingerprint density at radius 3 is 2.00 bits per heavy atom. The van der Waals surface area contributed by atoms with Crippen LogP contribution in [0.4, 0.5) is 0 Å². The average molecular weight is 329 g/mol. The number of ketones is 1. The van der Waals surface area contributed by atoms with Crippen molar-refractivity contribution in [1.29, 1.82) is 0 Å². The number of esters is 2. The van der Waals surface area contributed by atoms with Gasteiger partial charge in [-0.05, 0) is 44.2 Å². The Balaban J connectivity index is 2.01. The van der Waals surface area contributed by atoms with Gasteiger partial charge < -0.3 is 14.0 Å². The number of Topliss-reactive ketones (excluding diaryl/α,β-unsaturated/α-hetero) is 1. The van der Waals surface area contributed by atoms with E-state index in [1.807, 2.05) is 25.5 Å². The Hall–Kier alpha value is -2.89. The maximum absolute atomic E-state index is 12.2. The number of benzene rings is 1. The van der Waals surface area contributed by atoms with Gasteiger partial charge in [-0.1, -0.05) is 0 Å². The standard InChI is InChI=1S/C18H19NO5/c1-11-9-15(12(2)19(11)3)16(20)10-24-18(22)14-7-5-13(6-8-14)17(21)23-4/h5-9H,10H2,1-4H3. The van der Waals surface area contributed by atoms with Gasteiger partial charge in [-0.3, -0.25) is 4.79 Å². The highest BCUT2D eigenvalue weighted by Gasteiger charge is 2.17. The fraction of sp³-hybridized carbons (Fsp3) is 0.278. The quantitative estimate of drug-likeness (QED) is 0.622. The molecule has 1 aromatic carbocycles. The Morgan fingerprint density at radius 2 is 1.54 bits per heavy atom. The van der Waals surface area contributed by atoms with Crippen molar-refractivity contribution >= 4 is 17.7 Å². The number of ether oxygens (including phenoxy) is 2. The van der Waals surface area contributed by atoms with Crippen LogP contribution in [0.5, 0.6) is 0 Å². The van der Waals surface area contributed by atoms with E-state index in [1.165, 1.54) is 31.4 Å². The summed E-state index contributed by atoms with van der Waals surface area (Å²) in [4.78, 5) is 35.5. The highest BCUT2D eigenvalue weighted by Crippen LogP contribution is 2.14. The maximum Gasteiger partial charge on any atom is 0.338 e. The van der Waals surface area contributed by atoms with Gasteiger partial charge in [0.05, 0.1) is 18.2 Å². The molecule has 0 fully saturated rings. The summed E-state index contributed by atoms with van der Waals surface area (Å²) in [5, 5.41) is 0. The Labute approximate surface area is 140 Å². The van der Waals surface area contributed by atoms with Crippen molar-refractivity contribution in [2.45, 2.75) is 13.8 Å². The topological polar surface area (TPSA) is 74.6 Å². The fourth-order valence-electron chi connectivity index (χ4n) is 2.29. The number of aromatic nitrogens is 1. The van der Waals surface area contributed by atoms with E-state index in [9.17, 15) is 14.4 Å². The van der Waals surface area contributed by atoms with E-state index in [0.29, 0.717) is 11.1 Å². The lowest BCUT2D eigenvalue weighted by molar-refractivity contribution is 0.0474. The van der Waals surface area contributed by atoms with Crippen molar-refractivity contribution < 1.29 is 23.9 Å². The van der Waals surface area contributed by atoms with E-state index in [1.54, 1.807) is 6.07 Å². The molecule has 0 aliphatic rings. The van der Waals surface area contributed by atoms with Crippen LogP contribution < -0.4 is 0 Å². The third kappa shape index (κ3) is 3.53. The van der Waals surface area contributed by atoms with Crippen molar-refractivity contribution in [3.8, 4) is 0 Å². The molecule has 0 aliphatic heterocycles. The molecular weight excluding hydrogens is 310 g/mol. The van der Waals surface area contributed by atoms with Crippen molar-refractivity contribution in [2.24, 2.45) is 7.05 Å². The molecule has 2 rings (SSSR count). The first-order valence-electron chi connectivity index (χ1n) is 7.36. The third-order valence-electron chi connectivity index (χ3n) is 3.95. The van der Waals surface area contributed by atoms with Gasteiger partial charge in [0.1, 0.15) is 0 Å². The van der Waals surface area contributed by atoms with Gasteiger partial charge in [-0.15, -0.1) is 0 Å². The minimum absolute atomic E-state index is 0.254. The summed E-state index contributed by atoms with van der Waals surface area (Å²) < 4.78 is 11.6. The number of rotatable bonds is 5. The highest BCUT2D eigenvalue weighted by molar-refractivity contribution is 6.00. The van der Waals surface area contributed by atoms with Gasteiger partial charge in [0, 0.05) is 24.0 Å². The monoisotopic (exact) mass is 329 g/mol. The van der Waals surface area contributed by atoms with Crippen LogP contribution in [-0.2, 0) is 16.5 Å². The van der Waals surface area contributed by atoms with E-state index in [4.69, 9.17) is 4.74 Å². The molecule has 24 heavy (non-hydrogen) atoms. The molecule has 1 heterocycles. The number of aryl methyl sites for hydroxylation is 1. The zero-order valence-corrected chi connectivity index (χ0v) is 14.1. The van der Waals surface area contributed by atoms with E-state index in [-0.39, 0.29) is 18.0 Å². The average Bonchev–Trinajstić information content (AvgIpc) is 2.86. The van der Waals surface area contributed by atoms with Crippen LogP contribution in [0.1, 0.15) is 42.5 Å². The van der Waals surface area contributed by atoms with Crippen molar-refractivity contribution in [2.75, 3.05) is 13.7 Å². The molecular formula is C18H19NO5. The van der Waals surface area contributed by atoms with E-state index in [2.05, 4.69) is 4.74 Å². The number of carbonyl (C=O) groups excluding carboxylic acids is 3. The Morgan fingerprint density at radius 1 is 1.00 bits per heavy atom. The van der Waals surface area contributed by atoms with Gasteiger partial charge in [-0.25, -0.2) is 9.59 Å². The number of hydrogen-bond donors (Lipinski definition) is 0. The first kappa shape index (κ1) is 17.5. The summed E-state index contributed by atoms with van der Waals surface area (Å²) in [5.41, 5.74) is 2.93. The van der Waals surface area contributed by atoms with Gasteiger partial charge in [0.15, 0.2) is 6.61 Å². The summed E-state index contributed by atoms with van der Waals surface area (Å²) >= 11 is 0. The van der Waals surface area contributed by atoms with Crippen molar-refractivity contribution in [3.05, 3.63) is 58.4 Å². The van der Waals surface area contributed by atoms with Crippen LogP contribution in [0.15, 0.2) is 30.3 Å². The number of hydrogen-bond acceptors (Lipinski definition) is 5.